The number of benzene rings is 1. The van der Waals surface area contributed by atoms with Crippen molar-refractivity contribution in [2.45, 2.75) is 11.2 Å². The van der Waals surface area contributed by atoms with Crippen LogP contribution in [0.15, 0.2) is 48.6 Å². The highest BCUT2D eigenvalue weighted by Crippen LogP contribution is 2.41. The molecule has 2 atom stereocenters. The Morgan fingerprint density at radius 1 is 1.37 bits per heavy atom. The van der Waals surface area contributed by atoms with Gasteiger partial charge in [0.2, 0.25) is 11.7 Å². The third-order valence-corrected chi connectivity index (χ3v) is 3.62. The summed E-state index contributed by atoms with van der Waals surface area (Å²) in [5, 5.41) is 2.94. The highest BCUT2D eigenvalue weighted by atomic mass is 35.5. The minimum Gasteiger partial charge on any atom is -0.368 e. The van der Waals surface area contributed by atoms with Gasteiger partial charge in [-0.2, -0.15) is 0 Å². The second kappa shape index (κ2) is 4.79. The van der Waals surface area contributed by atoms with E-state index in [4.69, 9.17) is 17.3 Å². The number of nitrogens with two attached hydrogens (primary N) is 1. The summed E-state index contributed by atoms with van der Waals surface area (Å²) in [7, 11) is 1.44. The van der Waals surface area contributed by atoms with Gasteiger partial charge in [0.1, 0.15) is 5.41 Å². The number of nitrogens with one attached hydrogen (secondary N) is 1. The highest BCUT2D eigenvalue weighted by molar-refractivity contribution is 6.30. The number of hydrogen-bond donors (Lipinski definition) is 2. The maximum atomic E-state index is 15.1. The van der Waals surface area contributed by atoms with Crippen LogP contribution in [0, 0.1) is 0 Å². The lowest BCUT2D eigenvalue weighted by Gasteiger charge is -2.41. The average Bonchev–Trinajstić information content (AvgIpc) is 2.39. The lowest BCUT2D eigenvalue weighted by atomic mass is 9.69. The number of rotatable bonds is 3. The fraction of sp³-hybridized carbons (Fsp3) is 0.214. The van der Waals surface area contributed by atoms with Crippen molar-refractivity contribution in [2.24, 2.45) is 5.73 Å². The second-order valence-electron chi connectivity index (χ2n) is 4.36. The average molecular weight is 281 g/mol. The minimum absolute atomic E-state index is 0.407. The lowest BCUT2D eigenvalue weighted by molar-refractivity contribution is -0.126. The number of allylic oxidation sites excluding steroid dienone is 2. The first-order chi connectivity index (χ1) is 8.96. The van der Waals surface area contributed by atoms with Gasteiger partial charge in [-0.15, -0.1) is 0 Å². The van der Waals surface area contributed by atoms with Crippen LogP contribution in [0.3, 0.4) is 0 Å². The molecule has 5 heteroatoms. The van der Waals surface area contributed by atoms with Crippen molar-refractivity contribution >= 4 is 17.5 Å². The number of alkyl halides is 1. The summed E-state index contributed by atoms with van der Waals surface area (Å²) in [6.07, 6.45) is 5.86. The van der Waals surface area contributed by atoms with Crippen LogP contribution in [-0.4, -0.2) is 18.7 Å². The predicted octanol–water partition coefficient (Wildman–Crippen LogP) is 2.07. The van der Waals surface area contributed by atoms with Crippen molar-refractivity contribution in [1.82, 2.24) is 5.32 Å². The fourth-order valence-corrected chi connectivity index (χ4v) is 2.56. The topological polar surface area (TPSA) is 55.1 Å². The number of halogens is 2. The van der Waals surface area contributed by atoms with Gasteiger partial charge in [0, 0.05) is 5.02 Å². The van der Waals surface area contributed by atoms with E-state index in [2.05, 4.69) is 5.32 Å². The molecule has 1 amide bonds. The summed E-state index contributed by atoms with van der Waals surface area (Å²) in [4.78, 5) is 12.0. The summed E-state index contributed by atoms with van der Waals surface area (Å²) in [5.74, 6) is -2.88. The molecule has 0 bridgehead atoms. The van der Waals surface area contributed by atoms with Crippen LogP contribution >= 0.6 is 11.6 Å². The van der Waals surface area contributed by atoms with Crippen LogP contribution in [0.2, 0.25) is 5.02 Å². The van der Waals surface area contributed by atoms with Gasteiger partial charge in [0.15, 0.2) is 0 Å². The summed E-state index contributed by atoms with van der Waals surface area (Å²) >= 11 is 5.93. The van der Waals surface area contributed by atoms with Crippen molar-refractivity contribution in [3.8, 4) is 0 Å². The van der Waals surface area contributed by atoms with E-state index in [1.807, 2.05) is 0 Å². The van der Waals surface area contributed by atoms with E-state index in [1.165, 1.54) is 25.3 Å². The van der Waals surface area contributed by atoms with Crippen molar-refractivity contribution in [1.29, 1.82) is 0 Å². The first-order valence-corrected chi connectivity index (χ1v) is 6.15. The molecule has 2 unspecified atom stereocenters. The van der Waals surface area contributed by atoms with Gasteiger partial charge in [0.05, 0.1) is 0 Å². The number of hydrogen-bond acceptors (Lipinski definition) is 2. The third-order valence-electron chi connectivity index (χ3n) is 3.39. The van der Waals surface area contributed by atoms with Crippen LogP contribution < -0.4 is 11.1 Å². The molecule has 0 aromatic heterocycles. The van der Waals surface area contributed by atoms with Gasteiger partial charge in [-0.1, -0.05) is 42.0 Å². The van der Waals surface area contributed by atoms with Crippen LogP contribution in [0.25, 0.3) is 0 Å². The van der Waals surface area contributed by atoms with Crippen LogP contribution in [-0.2, 0) is 10.2 Å². The molecular formula is C14H14ClFN2O. The zero-order valence-electron chi connectivity index (χ0n) is 10.4. The van der Waals surface area contributed by atoms with E-state index in [0.717, 1.165) is 0 Å². The Kier molecular flexibility index (Phi) is 3.47. The molecule has 0 aliphatic heterocycles. The molecule has 0 fully saturated rings. The van der Waals surface area contributed by atoms with Crippen LogP contribution in [0.4, 0.5) is 4.39 Å². The smallest absolute Gasteiger partial charge is 0.237 e. The molecule has 0 radical (unpaired) electrons. The van der Waals surface area contributed by atoms with E-state index in [9.17, 15) is 4.79 Å². The summed E-state index contributed by atoms with van der Waals surface area (Å²) < 4.78 is 15.1. The van der Waals surface area contributed by atoms with E-state index in [-0.39, 0.29) is 0 Å². The number of carbonyl (C=O) groups is 1. The van der Waals surface area contributed by atoms with Gasteiger partial charge in [0.25, 0.3) is 0 Å². The Hall–Kier alpha value is -1.65. The molecule has 1 aromatic carbocycles. The molecule has 1 aliphatic rings. The Labute approximate surface area is 115 Å². The van der Waals surface area contributed by atoms with Gasteiger partial charge >= 0.3 is 0 Å². The van der Waals surface area contributed by atoms with E-state index >= 15 is 4.39 Å². The van der Waals surface area contributed by atoms with Crippen LogP contribution in [0.1, 0.15) is 5.56 Å². The van der Waals surface area contributed by atoms with Crippen molar-refractivity contribution in [3.05, 3.63) is 59.2 Å². The zero-order valence-corrected chi connectivity index (χ0v) is 11.1. The monoisotopic (exact) mass is 280 g/mol. The van der Waals surface area contributed by atoms with Crippen LogP contribution in [0.5, 0.6) is 0 Å². The maximum absolute atomic E-state index is 15.1. The molecule has 0 heterocycles. The Morgan fingerprint density at radius 3 is 2.63 bits per heavy atom. The molecular weight excluding hydrogens is 267 g/mol. The summed E-state index contributed by atoms with van der Waals surface area (Å²) in [5.41, 5.74) is 4.27. The standard InChI is InChI=1S/C14H14ClFN2O/c1-18-14(16)8-3-2-7-13(14,12(17)19)10-5-4-6-11(15)9-10/h2-9,18H,1H3,(H2,17,19). The minimum atomic E-state index is -2.10. The lowest BCUT2D eigenvalue weighted by Crippen LogP contribution is -2.61. The molecule has 0 spiro atoms. The first kappa shape index (κ1) is 13.8. The maximum Gasteiger partial charge on any atom is 0.237 e. The van der Waals surface area contributed by atoms with Gasteiger partial charge in [-0.3, -0.25) is 10.1 Å². The largest absolute Gasteiger partial charge is 0.368 e. The molecule has 3 N–H and O–H groups in total. The normalized spacial score (nSPS) is 29.4. The van der Waals surface area contributed by atoms with Crippen molar-refractivity contribution in [2.75, 3.05) is 7.05 Å². The Bertz CT molecular complexity index is 572. The molecule has 2 rings (SSSR count). The van der Waals surface area contributed by atoms with E-state index in [0.29, 0.717) is 10.6 Å². The zero-order chi connectivity index (χ0) is 14.1. The van der Waals surface area contributed by atoms with E-state index < -0.39 is 17.1 Å². The van der Waals surface area contributed by atoms with Gasteiger partial charge < -0.3 is 5.73 Å². The molecule has 0 saturated carbocycles. The molecule has 3 nitrogen and oxygen atoms in total. The van der Waals surface area contributed by atoms with E-state index in [1.54, 1.807) is 30.3 Å². The number of amides is 1. The first-order valence-electron chi connectivity index (χ1n) is 5.77. The van der Waals surface area contributed by atoms with Crippen molar-refractivity contribution in [3.63, 3.8) is 0 Å². The quantitative estimate of drug-likeness (QED) is 0.833. The summed E-state index contributed by atoms with van der Waals surface area (Å²) in [6.45, 7) is 0. The molecule has 100 valence electrons. The van der Waals surface area contributed by atoms with Gasteiger partial charge in [-0.05, 0) is 30.8 Å². The predicted molar refractivity (Wildman–Crippen MR) is 73.5 cm³/mol. The highest BCUT2D eigenvalue weighted by Gasteiger charge is 2.55. The molecule has 19 heavy (non-hydrogen) atoms. The second-order valence-corrected chi connectivity index (χ2v) is 4.80. The fourth-order valence-electron chi connectivity index (χ4n) is 2.37. The Morgan fingerprint density at radius 2 is 2.05 bits per heavy atom. The molecule has 0 saturated heterocycles. The Balaban J connectivity index is 2.71. The SMILES string of the molecule is CNC1(F)C=CC=CC1(C(N)=O)c1cccc(Cl)c1. The number of likely N-dealkylation sites (N-methyl/N-ethyl adjacent to an activating group) is 1. The van der Waals surface area contributed by atoms with Crippen molar-refractivity contribution < 1.29 is 9.18 Å². The third kappa shape index (κ3) is 1.97. The molecule has 1 aromatic rings. The van der Waals surface area contributed by atoms with Gasteiger partial charge in [-0.25, -0.2) is 4.39 Å². The summed E-state index contributed by atoms with van der Waals surface area (Å²) in [6, 6.07) is 6.49. The number of primary amides is 1. The number of carbonyl (C=O) groups excluding carboxylic acids is 1. The molecule has 1 aliphatic carbocycles.